The molecule has 0 aromatic rings. The molecule has 0 radical (unpaired) electrons. The number of hydrogen-bond donors (Lipinski definition) is 2. The lowest BCUT2D eigenvalue weighted by Crippen LogP contribution is -2.45. The van der Waals surface area contributed by atoms with Gasteiger partial charge in [-0.15, -0.1) is 0 Å². The summed E-state index contributed by atoms with van der Waals surface area (Å²) >= 11 is 0. The van der Waals surface area contributed by atoms with Crippen LogP contribution in [0.25, 0.3) is 0 Å². The van der Waals surface area contributed by atoms with Gasteiger partial charge in [0.15, 0.2) is 0 Å². The van der Waals surface area contributed by atoms with Crippen LogP contribution in [-0.4, -0.2) is 25.0 Å². The summed E-state index contributed by atoms with van der Waals surface area (Å²) in [6.45, 7) is 6.68. The molecule has 0 aromatic carbocycles. The third kappa shape index (κ3) is 3.71. The average molecular weight is 252 g/mol. The summed E-state index contributed by atoms with van der Waals surface area (Å²) in [5.41, 5.74) is 0. The molecule has 1 aliphatic heterocycles. The molecule has 2 fully saturated rings. The standard InChI is InChI=1S/C15H28N2O/c1-11-3-5-14(6-4-11)15(18)17-12(2)13-7-9-16-10-8-13/h11-14,16H,3-10H2,1-2H3,(H,17,18). The summed E-state index contributed by atoms with van der Waals surface area (Å²) in [6, 6.07) is 0.346. The van der Waals surface area contributed by atoms with Crippen LogP contribution >= 0.6 is 0 Å². The fraction of sp³-hybridized carbons (Fsp3) is 0.933. The van der Waals surface area contributed by atoms with Crippen LogP contribution in [0, 0.1) is 17.8 Å². The fourth-order valence-electron chi connectivity index (χ4n) is 3.33. The first-order valence-electron chi connectivity index (χ1n) is 7.68. The third-order valence-electron chi connectivity index (χ3n) is 4.85. The zero-order chi connectivity index (χ0) is 13.0. The van der Waals surface area contributed by atoms with Crippen LogP contribution in [0.15, 0.2) is 0 Å². The lowest BCUT2D eigenvalue weighted by molar-refractivity contribution is -0.127. The Morgan fingerprint density at radius 3 is 2.33 bits per heavy atom. The Hall–Kier alpha value is -0.570. The van der Waals surface area contributed by atoms with Crippen LogP contribution in [0.4, 0.5) is 0 Å². The Labute approximate surface area is 111 Å². The second kappa shape index (κ2) is 6.55. The van der Waals surface area contributed by atoms with Gasteiger partial charge in [-0.3, -0.25) is 4.79 Å². The number of nitrogens with one attached hydrogen (secondary N) is 2. The molecule has 0 spiro atoms. The molecule has 3 nitrogen and oxygen atoms in total. The first-order chi connectivity index (χ1) is 8.66. The van der Waals surface area contributed by atoms with E-state index in [9.17, 15) is 4.79 Å². The molecule has 3 heteroatoms. The normalized spacial score (nSPS) is 31.9. The maximum atomic E-state index is 12.2. The van der Waals surface area contributed by atoms with E-state index in [2.05, 4.69) is 24.5 Å². The van der Waals surface area contributed by atoms with Crippen molar-refractivity contribution < 1.29 is 4.79 Å². The lowest BCUT2D eigenvalue weighted by atomic mass is 9.82. The minimum absolute atomic E-state index is 0.283. The molecule has 1 atom stereocenters. The molecule has 2 rings (SSSR count). The van der Waals surface area contributed by atoms with Gasteiger partial charge < -0.3 is 10.6 Å². The summed E-state index contributed by atoms with van der Waals surface area (Å²) in [4.78, 5) is 12.2. The number of amides is 1. The van der Waals surface area contributed by atoms with E-state index in [0.29, 0.717) is 17.9 Å². The molecule has 2 N–H and O–H groups in total. The fourth-order valence-corrected chi connectivity index (χ4v) is 3.33. The highest BCUT2D eigenvalue weighted by molar-refractivity contribution is 5.79. The van der Waals surface area contributed by atoms with E-state index in [4.69, 9.17) is 0 Å². The molecule has 1 aliphatic carbocycles. The number of hydrogen-bond acceptors (Lipinski definition) is 2. The smallest absolute Gasteiger partial charge is 0.223 e. The van der Waals surface area contributed by atoms with Crippen molar-refractivity contribution in [1.29, 1.82) is 0 Å². The van der Waals surface area contributed by atoms with Crippen LogP contribution in [0.3, 0.4) is 0 Å². The molecule has 104 valence electrons. The van der Waals surface area contributed by atoms with Gasteiger partial charge in [0.1, 0.15) is 0 Å². The summed E-state index contributed by atoms with van der Waals surface area (Å²) < 4.78 is 0. The van der Waals surface area contributed by atoms with Gasteiger partial charge in [-0.2, -0.15) is 0 Å². The Morgan fingerprint density at radius 1 is 1.11 bits per heavy atom. The van der Waals surface area contributed by atoms with E-state index < -0.39 is 0 Å². The van der Waals surface area contributed by atoms with Gasteiger partial charge in [-0.05, 0) is 70.4 Å². The first kappa shape index (κ1) is 13.9. The molecule has 1 saturated carbocycles. The van der Waals surface area contributed by atoms with Gasteiger partial charge in [-0.1, -0.05) is 6.92 Å². The molecule has 18 heavy (non-hydrogen) atoms. The van der Waals surface area contributed by atoms with Crippen LogP contribution < -0.4 is 10.6 Å². The van der Waals surface area contributed by atoms with E-state index in [1.54, 1.807) is 0 Å². The van der Waals surface area contributed by atoms with E-state index in [1.165, 1.54) is 25.7 Å². The molecule has 1 unspecified atom stereocenters. The van der Waals surface area contributed by atoms with Gasteiger partial charge in [0.25, 0.3) is 0 Å². The minimum atomic E-state index is 0.283. The zero-order valence-corrected chi connectivity index (χ0v) is 11.9. The summed E-state index contributed by atoms with van der Waals surface area (Å²) in [5.74, 6) is 2.08. The molecule has 0 aromatic heterocycles. The van der Waals surface area contributed by atoms with Crippen molar-refractivity contribution in [3.63, 3.8) is 0 Å². The average Bonchev–Trinajstić information content (AvgIpc) is 2.40. The van der Waals surface area contributed by atoms with Gasteiger partial charge in [0, 0.05) is 12.0 Å². The SMILES string of the molecule is CC1CCC(C(=O)NC(C)C2CCNCC2)CC1. The maximum Gasteiger partial charge on any atom is 0.223 e. The second-order valence-corrected chi connectivity index (χ2v) is 6.34. The van der Waals surface area contributed by atoms with Gasteiger partial charge in [-0.25, -0.2) is 0 Å². The quantitative estimate of drug-likeness (QED) is 0.809. The van der Waals surface area contributed by atoms with Crippen molar-refractivity contribution in [3.8, 4) is 0 Å². The lowest BCUT2D eigenvalue weighted by Gasteiger charge is -2.31. The van der Waals surface area contributed by atoms with Crippen LogP contribution in [-0.2, 0) is 4.79 Å². The van der Waals surface area contributed by atoms with Gasteiger partial charge in [0.2, 0.25) is 5.91 Å². The summed E-state index contributed by atoms with van der Waals surface area (Å²) in [5, 5.41) is 6.65. The topological polar surface area (TPSA) is 41.1 Å². The number of carbonyl (C=O) groups excluding carboxylic acids is 1. The maximum absolute atomic E-state index is 12.2. The highest BCUT2D eigenvalue weighted by Gasteiger charge is 2.27. The van der Waals surface area contributed by atoms with Crippen molar-refractivity contribution in [3.05, 3.63) is 0 Å². The van der Waals surface area contributed by atoms with Gasteiger partial charge in [0.05, 0.1) is 0 Å². The largest absolute Gasteiger partial charge is 0.353 e. The Balaban J connectivity index is 1.75. The molecule has 1 heterocycles. The Kier molecular flexibility index (Phi) is 5.04. The van der Waals surface area contributed by atoms with Crippen molar-refractivity contribution in [2.24, 2.45) is 17.8 Å². The van der Waals surface area contributed by atoms with Crippen molar-refractivity contribution in [2.45, 2.75) is 58.4 Å². The first-order valence-corrected chi connectivity index (χ1v) is 7.68. The molecular formula is C15H28N2O. The number of carbonyl (C=O) groups is 1. The van der Waals surface area contributed by atoms with E-state index in [-0.39, 0.29) is 5.92 Å². The van der Waals surface area contributed by atoms with E-state index in [1.807, 2.05) is 0 Å². The van der Waals surface area contributed by atoms with E-state index >= 15 is 0 Å². The summed E-state index contributed by atoms with van der Waals surface area (Å²) in [6.07, 6.45) is 7.02. The Bertz CT molecular complexity index is 266. The predicted octanol–water partition coefficient (Wildman–Crippen LogP) is 2.32. The van der Waals surface area contributed by atoms with Crippen molar-refractivity contribution in [2.75, 3.05) is 13.1 Å². The minimum Gasteiger partial charge on any atom is -0.353 e. The zero-order valence-electron chi connectivity index (χ0n) is 11.9. The van der Waals surface area contributed by atoms with E-state index in [0.717, 1.165) is 31.8 Å². The van der Waals surface area contributed by atoms with Gasteiger partial charge >= 0.3 is 0 Å². The Morgan fingerprint density at radius 2 is 1.72 bits per heavy atom. The van der Waals surface area contributed by atoms with Crippen LogP contribution in [0.2, 0.25) is 0 Å². The summed E-state index contributed by atoms with van der Waals surface area (Å²) in [7, 11) is 0. The van der Waals surface area contributed by atoms with Crippen molar-refractivity contribution >= 4 is 5.91 Å². The highest BCUT2D eigenvalue weighted by atomic mass is 16.1. The molecule has 2 aliphatic rings. The number of rotatable bonds is 3. The predicted molar refractivity (Wildman–Crippen MR) is 74.3 cm³/mol. The second-order valence-electron chi connectivity index (χ2n) is 6.34. The third-order valence-corrected chi connectivity index (χ3v) is 4.85. The molecule has 1 amide bonds. The van der Waals surface area contributed by atoms with Crippen LogP contribution in [0.1, 0.15) is 52.4 Å². The monoisotopic (exact) mass is 252 g/mol. The van der Waals surface area contributed by atoms with Crippen LogP contribution in [0.5, 0.6) is 0 Å². The molecule has 0 bridgehead atoms. The molecular weight excluding hydrogens is 224 g/mol. The number of piperidine rings is 1. The van der Waals surface area contributed by atoms with Crippen molar-refractivity contribution in [1.82, 2.24) is 10.6 Å². The molecule has 1 saturated heterocycles. The highest BCUT2D eigenvalue weighted by Crippen LogP contribution is 2.28.